The SMILES string of the molecule is CC(C)C(=O)NCCNC(=O)NCCc1ccc(OC(F)F)cc1. The average molecular weight is 343 g/mol. The molecule has 0 heterocycles. The van der Waals surface area contributed by atoms with E-state index in [9.17, 15) is 18.4 Å². The Kier molecular flexibility index (Phi) is 8.53. The number of amides is 3. The van der Waals surface area contributed by atoms with E-state index < -0.39 is 6.61 Å². The molecule has 0 saturated carbocycles. The highest BCUT2D eigenvalue weighted by Gasteiger charge is 2.06. The van der Waals surface area contributed by atoms with Crippen molar-refractivity contribution in [3.05, 3.63) is 29.8 Å². The summed E-state index contributed by atoms with van der Waals surface area (Å²) in [6.07, 6.45) is 0.562. The molecule has 0 atom stereocenters. The Morgan fingerprint density at radius 1 is 1.00 bits per heavy atom. The van der Waals surface area contributed by atoms with Gasteiger partial charge in [0.15, 0.2) is 0 Å². The van der Waals surface area contributed by atoms with E-state index in [0.717, 1.165) is 5.56 Å². The monoisotopic (exact) mass is 343 g/mol. The molecule has 0 bridgehead atoms. The molecular weight excluding hydrogens is 320 g/mol. The van der Waals surface area contributed by atoms with Gasteiger partial charge in [0.1, 0.15) is 5.75 Å². The van der Waals surface area contributed by atoms with Crippen LogP contribution in [0.15, 0.2) is 24.3 Å². The molecule has 0 fully saturated rings. The fourth-order valence-electron chi connectivity index (χ4n) is 1.79. The van der Waals surface area contributed by atoms with E-state index in [2.05, 4.69) is 20.7 Å². The molecule has 0 saturated heterocycles. The predicted octanol–water partition coefficient (Wildman–Crippen LogP) is 1.90. The highest BCUT2D eigenvalue weighted by atomic mass is 19.3. The molecular formula is C16H23F2N3O3. The Hall–Kier alpha value is -2.38. The number of carbonyl (C=O) groups excluding carboxylic acids is 2. The molecule has 6 nitrogen and oxygen atoms in total. The topological polar surface area (TPSA) is 79.5 Å². The standard InChI is InChI=1S/C16H23F2N3O3/c1-11(2)14(22)19-9-10-21-16(23)20-8-7-12-3-5-13(6-4-12)24-15(17)18/h3-6,11,15H,7-10H2,1-2H3,(H,19,22)(H2,20,21,23). The Bertz CT molecular complexity index is 522. The molecule has 0 aliphatic heterocycles. The molecule has 0 unspecified atom stereocenters. The van der Waals surface area contributed by atoms with Crippen LogP contribution in [0.1, 0.15) is 19.4 Å². The van der Waals surface area contributed by atoms with Crippen molar-refractivity contribution in [3.63, 3.8) is 0 Å². The van der Waals surface area contributed by atoms with Crippen molar-refractivity contribution in [1.29, 1.82) is 0 Å². The van der Waals surface area contributed by atoms with E-state index in [1.54, 1.807) is 26.0 Å². The summed E-state index contributed by atoms with van der Waals surface area (Å²) < 4.78 is 28.3. The molecule has 0 radical (unpaired) electrons. The molecule has 0 spiro atoms. The summed E-state index contributed by atoms with van der Waals surface area (Å²) in [6, 6.07) is 5.92. The van der Waals surface area contributed by atoms with Crippen molar-refractivity contribution < 1.29 is 23.1 Å². The van der Waals surface area contributed by atoms with Crippen LogP contribution in [-0.4, -0.2) is 38.2 Å². The lowest BCUT2D eigenvalue weighted by Crippen LogP contribution is -2.41. The molecule has 1 aromatic rings. The van der Waals surface area contributed by atoms with E-state index in [4.69, 9.17) is 0 Å². The third-order valence-electron chi connectivity index (χ3n) is 3.08. The number of carbonyl (C=O) groups is 2. The van der Waals surface area contributed by atoms with Gasteiger partial charge in [-0.2, -0.15) is 8.78 Å². The molecule has 8 heteroatoms. The summed E-state index contributed by atoms with van der Waals surface area (Å²) >= 11 is 0. The lowest BCUT2D eigenvalue weighted by Gasteiger charge is -2.10. The maximum Gasteiger partial charge on any atom is 0.387 e. The Morgan fingerprint density at radius 2 is 1.58 bits per heavy atom. The van der Waals surface area contributed by atoms with Crippen molar-refractivity contribution in [1.82, 2.24) is 16.0 Å². The minimum Gasteiger partial charge on any atom is -0.435 e. The molecule has 0 aliphatic carbocycles. The van der Waals surface area contributed by atoms with E-state index in [-0.39, 0.29) is 23.6 Å². The maximum absolute atomic E-state index is 12.0. The molecule has 1 rings (SSSR count). The Balaban J connectivity index is 2.15. The van der Waals surface area contributed by atoms with Crippen LogP contribution >= 0.6 is 0 Å². The normalized spacial score (nSPS) is 10.6. The number of rotatable bonds is 9. The van der Waals surface area contributed by atoms with Gasteiger partial charge >= 0.3 is 12.6 Å². The van der Waals surface area contributed by atoms with Crippen LogP contribution in [-0.2, 0) is 11.2 Å². The summed E-state index contributed by atoms with van der Waals surface area (Å²) in [5, 5.41) is 7.99. The molecule has 24 heavy (non-hydrogen) atoms. The van der Waals surface area contributed by atoms with Crippen LogP contribution in [0.2, 0.25) is 0 Å². The lowest BCUT2D eigenvalue weighted by molar-refractivity contribution is -0.123. The van der Waals surface area contributed by atoms with Crippen molar-refractivity contribution in [2.75, 3.05) is 19.6 Å². The number of hydrogen-bond donors (Lipinski definition) is 3. The van der Waals surface area contributed by atoms with Crippen LogP contribution in [0, 0.1) is 5.92 Å². The van der Waals surface area contributed by atoms with Gasteiger partial charge < -0.3 is 20.7 Å². The van der Waals surface area contributed by atoms with E-state index in [1.165, 1.54) is 12.1 Å². The van der Waals surface area contributed by atoms with Crippen LogP contribution in [0.25, 0.3) is 0 Å². The second-order valence-corrected chi connectivity index (χ2v) is 5.40. The molecule has 1 aromatic carbocycles. The molecule has 134 valence electrons. The number of ether oxygens (including phenoxy) is 1. The van der Waals surface area contributed by atoms with Crippen LogP contribution in [0.5, 0.6) is 5.75 Å². The summed E-state index contributed by atoms with van der Waals surface area (Å²) in [5.74, 6) is -0.0457. The van der Waals surface area contributed by atoms with Crippen molar-refractivity contribution >= 4 is 11.9 Å². The van der Waals surface area contributed by atoms with Crippen molar-refractivity contribution in [2.45, 2.75) is 26.9 Å². The summed E-state index contributed by atoms with van der Waals surface area (Å²) in [6.45, 7) is 1.86. The smallest absolute Gasteiger partial charge is 0.387 e. The number of urea groups is 1. The first kappa shape index (κ1) is 19.7. The summed E-state index contributed by atoms with van der Waals surface area (Å²) in [5.41, 5.74) is 0.890. The third kappa shape index (κ3) is 8.30. The van der Waals surface area contributed by atoms with E-state index in [1.807, 2.05) is 0 Å². The number of nitrogens with one attached hydrogen (secondary N) is 3. The third-order valence-corrected chi connectivity index (χ3v) is 3.08. The molecule has 0 aliphatic rings. The zero-order valence-corrected chi connectivity index (χ0v) is 13.8. The lowest BCUT2D eigenvalue weighted by atomic mass is 10.1. The number of benzene rings is 1. The summed E-state index contributed by atoms with van der Waals surface area (Å²) in [7, 11) is 0. The highest BCUT2D eigenvalue weighted by molar-refractivity contribution is 5.78. The van der Waals surface area contributed by atoms with E-state index >= 15 is 0 Å². The fourth-order valence-corrected chi connectivity index (χ4v) is 1.79. The Labute approximate surface area is 139 Å². The van der Waals surface area contributed by atoms with Crippen LogP contribution in [0.4, 0.5) is 13.6 Å². The molecule has 3 amide bonds. The van der Waals surface area contributed by atoms with Gasteiger partial charge in [0.2, 0.25) is 5.91 Å². The minimum absolute atomic E-state index is 0.0588. The summed E-state index contributed by atoms with van der Waals surface area (Å²) in [4.78, 5) is 22.9. The van der Waals surface area contributed by atoms with Gasteiger partial charge in [-0.05, 0) is 24.1 Å². The number of halogens is 2. The van der Waals surface area contributed by atoms with E-state index in [0.29, 0.717) is 26.1 Å². The quantitative estimate of drug-likeness (QED) is 0.599. The fraction of sp³-hybridized carbons (Fsp3) is 0.500. The second kappa shape index (κ2) is 10.4. The highest BCUT2D eigenvalue weighted by Crippen LogP contribution is 2.14. The molecule has 0 aromatic heterocycles. The largest absolute Gasteiger partial charge is 0.435 e. The first-order valence-electron chi connectivity index (χ1n) is 7.71. The van der Waals surface area contributed by atoms with Gasteiger partial charge in [-0.15, -0.1) is 0 Å². The zero-order chi connectivity index (χ0) is 17.9. The van der Waals surface area contributed by atoms with Crippen LogP contribution in [0.3, 0.4) is 0 Å². The van der Waals surface area contributed by atoms with Gasteiger partial charge in [0.05, 0.1) is 0 Å². The van der Waals surface area contributed by atoms with Gasteiger partial charge in [0.25, 0.3) is 0 Å². The van der Waals surface area contributed by atoms with Gasteiger partial charge in [0, 0.05) is 25.6 Å². The molecule has 3 N–H and O–H groups in total. The predicted molar refractivity (Wildman–Crippen MR) is 86.0 cm³/mol. The Morgan fingerprint density at radius 3 is 2.17 bits per heavy atom. The minimum atomic E-state index is -2.84. The van der Waals surface area contributed by atoms with Gasteiger partial charge in [-0.3, -0.25) is 4.79 Å². The maximum atomic E-state index is 12.0. The van der Waals surface area contributed by atoms with Gasteiger partial charge in [-0.25, -0.2) is 4.79 Å². The van der Waals surface area contributed by atoms with Gasteiger partial charge in [-0.1, -0.05) is 26.0 Å². The first-order chi connectivity index (χ1) is 11.4. The van der Waals surface area contributed by atoms with Crippen molar-refractivity contribution in [2.24, 2.45) is 5.92 Å². The van der Waals surface area contributed by atoms with Crippen LogP contribution < -0.4 is 20.7 Å². The first-order valence-corrected chi connectivity index (χ1v) is 7.71. The number of alkyl halides is 2. The average Bonchev–Trinajstić information content (AvgIpc) is 2.52. The zero-order valence-electron chi connectivity index (χ0n) is 13.8. The number of hydrogen-bond acceptors (Lipinski definition) is 3. The van der Waals surface area contributed by atoms with Crippen molar-refractivity contribution in [3.8, 4) is 5.75 Å². The second-order valence-electron chi connectivity index (χ2n) is 5.40.